The number of rotatable bonds is 4. The molecule has 2 aromatic carbocycles. The molecule has 1 N–H and O–H groups in total. The van der Waals surface area contributed by atoms with Gasteiger partial charge in [-0.15, -0.1) is 12.4 Å². The monoisotopic (exact) mass is 412 g/mol. The molecule has 4 rings (SSSR count). The van der Waals surface area contributed by atoms with Gasteiger partial charge < -0.3 is 14.6 Å². The van der Waals surface area contributed by atoms with Crippen LogP contribution in [0, 0.1) is 0 Å². The third kappa shape index (κ3) is 3.97. The van der Waals surface area contributed by atoms with Crippen molar-refractivity contribution in [3.8, 4) is 0 Å². The quantitative estimate of drug-likeness (QED) is 0.623. The zero-order chi connectivity index (χ0) is 17.4. The maximum absolute atomic E-state index is 10.7. The van der Waals surface area contributed by atoms with Gasteiger partial charge in [0.1, 0.15) is 0 Å². The topological polar surface area (TPSA) is 28.4 Å². The summed E-state index contributed by atoms with van der Waals surface area (Å²) < 4.78 is 2.19. The van der Waals surface area contributed by atoms with Gasteiger partial charge in [-0.2, -0.15) is 0 Å². The first-order chi connectivity index (χ1) is 12.1. The average molecular weight is 414 g/mol. The lowest BCUT2D eigenvalue weighted by Crippen LogP contribution is -2.38. The number of nitrogens with zero attached hydrogens (tertiary/aromatic N) is 2. The van der Waals surface area contributed by atoms with Crippen molar-refractivity contribution < 1.29 is 5.11 Å². The Kier molecular flexibility index (Phi) is 6.37. The number of β-amino-alcohol motifs (C(OH)–C–C–N with tert-alkyl or cyclic N) is 1. The normalized spacial score (nSPS) is 16.7. The molecule has 1 aliphatic heterocycles. The van der Waals surface area contributed by atoms with Crippen LogP contribution in [0.25, 0.3) is 21.8 Å². The molecule has 0 spiro atoms. The van der Waals surface area contributed by atoms with Crippen LogP contribution in [0.2, 0.25) is 10.0 Å². The lowest BCUT2D eigenvalue weighted by molar-refractivity contribution is 0.0901. The van der Waals surface area contributed by atoms with Gasteiger partial charge in [0.2, 0.25) is 0 Å². The van der Waals surface area contributed by atoms with Gasteiger partial charge in [-0.1, -0.05) is 29.6 Å². The molecule has 0 saturated carbocycles. The van der Waals surface area contributed by atoms with Gasteiger partial charge in [-0.05, 0) is 62.3 Å². The Balaban J connectivity index is 0.00000196. The SMILES string of the molecule is Cl.OC(CN1CCCCC1)Cn1c2ccc(Cl)cc2c2cc(Cl)ccc21. The summed E-state index contributed by atoms with van der Waals surface area (Å²) in [6.07, 6.45) is 3.38. The molecule has 2 heterocycles. The first-order valence-electron chi connectivity index (χ1n) is 8.89. The van der Waals surface area contributed by atoms with E-state index < -0.39 is 6.10 Å². The van der Waals surface area contributed by atoms with Crippen LogP contribution in [0.3, 0.4) is 0 Å². The summed E-state index contributed by atoms with van der Waals surface area (Å²) in [7, 11) is 0. The van der Waals surface area contributed by atoms with Crippen molar-refractivity contribution in [2.75, 3.05) is 19.6 Å². The molecule has 1 atom stereocenters. The first-order valence-corrected chi connectivity index (χ1v) is 9.65. The van der Waals surface area contributed by atoms with Gasteiger partial charge in [0.15, 0.2) is 0 Å². The van der Waals surface area contributed by atoms with E-state index in [-0.39, 0.29) is 12.4 Å². The lowest BCUT2D eigenvalue weighted by Gasteiger charge is -2.28. The summed E-state index contributed by atoms with van der Waals surface area (Å²) in [6, 6.07) is 11.8. The smallest absolute Gasteiger partial charge is 0.0845 e. The number of piperidine rings is 1. The molecule has 0 bridgehead atoms. The zero-order valence-electron chi connectivity index (χ0n) is 14.5. The third-order valence-electron chi connectivity index (χ3n) is 5.10. The molecular weight excluding hydrogens is 391 g/mol. The second-order valence-electron chi connectivity index (χ2n) is 6.95. The number of hydrogen-bond donors (Lipinski definition) is 1. The summed E-state index contributed by atoms with van der Waals surface area (Å²) in [5, 5.41) is 14.3. The highest BCUT2D eigenvalue weighted by molar-refractivity contribution is 6.33. The fourth-order valence-corrected chi connectivity index (χ4v) is 4.30. The Bertz CT molecular complexity index is 844. The molecule has 3 nitrogen and oxygen atoms in total. The molecule has 3 aromatic rings. The maximum Gasteiger partial charge on any atom is 0.0845 e. The molecule has 1 unspecified atom stereocenters. The minimum Gasteiger partial charge on any atom is -0.390 e. The van der Waals surface area contributed by atoms with Crippen molar-refractivity contribution in [1.29, 1.82) is 0 Å². The van der Waals surface area contributed by atoms with Crippen LogP contribution in [-0.4, -0.2) is 40.3 Å². The van der Waals surface area contributed by atoms with Gasteiger partial charge in [0.25, 0.3) is 0 Å². The van der Waals surface area contributed by atoms with E-state index >= 15 is 0 Å². The molecule has 1 aromatic heterocycles. The Morgan fingerprint density at radius 2 is 1.38 bits per heavy atom. The van der Waals surface area contributed by atoms with E-state index in [2.05, 4.69) is 9.47 Å². The van der Waals surface area contributed by atoms with Crippen molar-refractivity contribution in [3.63, 3.8) is 0 Å². The second-order valence-corrected chi connectivity index (χ2v) is 7.82. The Labute approximate surface area is 169 Å². The number of aliphatic hydroxyl groups is 1. The fraction of sp³-hybridized carbons (Fsp3) is 0.400. The van der Waals surface area contributed by atoms with E-state index in [0.29, 0.717) is 16.6 Å². The molecule has 0 amide bonds. The molecular formula is C20H23Cl3N2O. The Morgan fingerprint density at radius 3 is 1.92 bits per heavy atom. The highest BCUT2D eigenvalue weighted by Gasteiger charge is 2.18. The maximum atomic E-state index is 10.7. The number of aliphatic hydroxyl groups excluding tert-OH is 1. The highest BCUT2D eigenvalue weighted by atomic mass is 35.5. The molecule has 26 heavy (non-hydrogen) atoms. The van der Waals surface area contributed by atoms with Crippen LogP contribution in [-0.2, 0) is 6.54 Å². The van der Waals surface area contributed by atoms with Crippen molar-refractivity contribution in [1.82, 2.24) is 9.47 Å². The van der Waals surface area contributed by atoms with Crippen LogP contribution < -0.4 is 0 Å². The molecule has 1 aliphatic rings. The molecule has 6 heteroatoms. The summed E-state index contributed by atoms with van der Waals surface area (Å²) in [4.78, 5) is 2.37. The lowest BCUT2D eigenvalue weighted by atomic mass is 10.1. The summed E-state index contributed by atoms with van der Waals surface area (Å²) in [6.45, 7) is 3.48. The van der Waals surface area contributed by atoms with E-state index in [9.17, 15) is 5.11 Å². The van der Waals surface area contributed by atoms with E-state index in [1.54, 1.807) is 0 Å². The van der Waals surface area contributed by atoms with Crippen molar-refractivity contribution in [3.05, 3.63) is 46.4 Å². The summed E-state index contributed by atoms with van der Waals surface area (Å²) in [5.74, 6) is 0. The first kappa shape index (κ1) is 19.8. The van der Waals surface area contributed by atoms with E-state index in [4.69, 9.17) is 23.2 Å². The van der Waals surface area contributed by atoms with Crippen LogP contribution in [0.4, 0.5) is 0 Å². The minimum atomic E-state index is -0.400. The van der Waals surface area contributed by atoms with Crippen molar-refractivity contribution in [2.45, 2.75) is 31.9 Å². The number of hydrogen-bond acceptors (Lipinski definition) is 2. The van der Waals surface area contributed by atoms with Gasteiger partial charge in [-0.3, -0.25) is 0 Å². The molecule has 1 saturated heterocycles. The number of halogens is 3. The Morgan fingerprint density at radius 1 is 0.846 bits per heavy atom. The largest absolute Gasteiger partial charge is 0.390 e. The Hall–Kier alpha value is -0.970. The summed E-state index contributed by atoms with van der Waals surface area (Å²) >= 11 is 12.4. The van der Waals surface area contributed by atoms with Crippen molar-refractivity contribution >= 4 is 57.4 Å². The van der Waals surface area contributed by atoms with Crippen LogP contribution in [0.15, 0.2) is 36.4 Å². The number of aromatic nitrogens is 1. The average Bonchev–Trinajstić information content (AvgIpc) is 2.88. The molecule has 0 aliphatic carbocycles. The highest BCUT2D eigenvalue weighted by Crippen LogP contribution is 2.33. The summed E-state index contributed by atoms with van der Waals surface area (Å²) in [5.41, 5.74) is 2.17. The predicted octanol–water partition coefficient (Wildman–Crippen LogP) is 5.37. The van der Waals surface area contributed by atoms with Gasteiger partial charge in [-0.25, -0.2) is 0 Å². The van der Waals surface area contributed by atoms with E-state index in [1.807, 2.05) is 36.4 Å². The molecule has 0 radical (unpaired) electrons. The molecule has 140 valence electrons. The third-order valence-corrected chi connectivity index (χ3v) is 5.57. The fourth-order valence-electron chi connectivity index (χ4n) is 3.95. The minimum absolute atomic E-state index is 0. The predicted molar refractivity (Wildman–Crippen MR) is 113 cm³/mol. The number of likely N-dealkylation sites (tertiary alicyclic amines) is 1. The number of fused-ring (bicyclic) bond motifs is 3. The van der Waals surface area contributed by atoms with Crippen molar-refractivity contribution in [2.24, 2.45) is 0 Å². The van der Waals surface area contributed by atoms with Gasteiger partial charge in [0, 0.05) is 38.4 Å². The van der Waals surface area contributed by atoms with Gasteiger partial charge >= 0.3 is 0 Å². The standard InChI is InChI=1S/C20H22Cl2N2O.ClH/c21-14-4-6-19-17(10-14)18-11-15(22)5-7-20(18)24(19)13-16(25)12-23-8-2-1-3-9-23;/h4-7,10-11,16,25H,1-3,8-9,12-13H2;1H. The second kappa shape index (κ2) is 8.37. The molecule has 1 fully saturated rings. The zero-order valence-corrected chi connectivity index (χ0v) is 16.8. The van der Waals surface area contributed by atoms with Gasteiger partial charge in [0.05, 0.1) is 12.6 Å². The van der Waals surface area contributed by atoms with E-state index in [0.717, 1.165) is 41.4 Å². The van der Waals surface area contributed by atoms with E-state index in [1.165, 1.54) is 19.3 Å². The van der Waals surface area contributed by atoms with Crippen LogP contribution >= 0.6 is 35.6 Å². The van der Waals surface area contributed by atoms with Crippen LogP contribution in [0.1, 0.15) is 19.3 Å². The van der Waals surface area contributed by atoms with Crippen LogP contribution in [0.5, 0.6) is 0 Å². The number of benzene rings is 2.